The lowest BCUT2D eigenvalue weighted by molar-refractivity contribution is -0.0498. The first-order valence-corrected chi connectivity index (χ1v) is 4.63. The third kappa shape index (κ3) is 2.53. The highest BCUT2D eigenvalue weighted by Gasteiger charge is 2.05. The van der Waals surface area contributed by atoms with Gasteiger partial charge in [0.05, 0.1) is 5.69 Å². The monoisotopic (exact) mass is 220 g/mol. The SMILES string of the molecule is FC(F)Oc1cccc(-c2[c]cccn2)c1. The molecular weight excluding hydrogens is 212 g/mol. The van der Waals surface area contributed by atoms with Crippen LogP contribution in [0.1, 0.15) is 0 Å². The number of alkyl halides is 2. The van der Waals surface area contributed by atoms with Gasteiger partial charge in [-0.05, 0) is 18.2 Å². The van der Waals surface area contributed by atoms with Gasteiger partial charge in [0.2, 0.25) is 0 Å². The molecular formula is C12H8F2NO. The standard InChI is InChI=1S/C12H8F2NO/c13-12(14)16-10-5-3-4-9(8-10)11-6-1-2-7-15-11/h1-5,7-8,12H. The maximum atomic E-state index is 12.0. The molecule has 0 aliphatic rings. The van der Waals surface area contributed by atoms with Crippen LogP contribution in [0.5, 0.6) is 5.75 Å². The average Bonchev–Trinajstić information content (AvgIpc) is 2.30. The van der Waals surface area contributed by atoms with Crippen molar-refractivity contribution < 1.29 is 13.5 Å². The summed E-state index contributed by atoms with van der Waals surface area (Å²) in [5.74, 6) is 0.117. The average molecular weight is 220 g/mol. The first-order valence-electron chi connectivity index (χ1n) is 4.63. The molecule has 2 aromatic rings. The van der Waals surface area contributed by atoms with Crippen LogP contribution in [0.3, 0.4) is 0 Å². The van der Waals surface area contributed by atoms with Crippen LogP contribution in [0, 0.1) is 6.07 Å². The van der Waals surface area contributed by atoms with E-state index in [4.69, 9.17) is 0 Å². The maximum Gasteiger partial charge on any atom is 0.387 e. The van der Waals surface area contributed by atoms with E-state index < -0.39 is 6.61 Å². The third-order valence-electron chi connectivity index (χ3n) is 1.94. The molecule has 2 rings (SSSR count). The number of rotatable bonds is 3. The van der Waals surface area contributed by atoms with E-state index in [9.17, 15) is 8.78 Å². The Labute approximate surface area is 91.5 Å². The van der Waals surface area contributed by atoms with Gasteiger partial charge in [-0.3, -0.25) is 4.98 Å². The Kier molecular flexibility index (Phi) is 3.10. The highest BCUT2D eigenvalue weighted by molar-refractivity contribution is 5.60. The fourth-order valence-corrected chi connectivity index (χ4v) is 1.30. The quantitative estimate of drug-likeness (QED) is 0.792. The highest BCUT2D eigenvalue weighted by atomic mass is 19.3. The molecule has 0 saturated carbocycles. The zero-order chi connectivity index (χ0) is 11.4. The second-order valence-electron chi connectivity index (χ2n) is 3.04. The number of hydrogen-bond acceptors (Lipinski definition) is 2. The number of ether oxygens (including phenoxy) is 1. The number of hydrogen-bond donors (Lipinski definition) is 0. The summed E-state index contributed by atoms with van der Waals surface area (Å²) in [6.45, 7) is -2.82. The number of halogens is 2. The van der Waals surface area contributed by atoms with Gasteiger partial charge in [0.15, 0.2) is 0 Å². The molecule has 4 heteroatoms. The summed E-state index contributed by atoms with van der Waals surface area (Å²) in [6, 6.07) is 12.7. The second-order valence-corrected chi connectivity index (χ2v) is 3.04. The Morgan fingerprint density at radius 1 is 1.25 bits per heavy atom. The minimum Gasteiger partial charge on any atom is -0.435 e. The summed E-state index contributed by atoms with van der Waals surface area (Å²) in [6.07, 6.45) is 1.62. The van der Waals surface area contributed by atoms with Crippen LogP contribution in [-0.2, 0) is 0 Å². The Morgan fingerprint density at radius 2 is 2.12 bits per heavy atom. The smallest absolute Gasteiger partial charge is 0.387 e. The molecule has 1 radical (unpaired) electrons. The van der Waals surface area contributed by atoms with Crippen molar-refractivity contribution in [3.8, 4) is 17.0 Å². The van der Waals surface area contributed by atoms with Crippen LogP contribution >= 0.6 is 0 Å². The van der Waals surface area contributed by atoms with Crippen molar-refractivity contribution in [3.05, 3.63) is 48.7 Å². The molecule has 0 amide bonds. The first kappa shape index (κ1) is 10.5. The normalized spacial score (nSPS) is 10.4. The van der Waals surface area contributed by atoms with E-state index in [1.54, 1.807) is 30.5 Å². The molecule has 0 N–H and O–H groups in total. The molecule has 16 heavy (non-hydrogen) atoms. The third-order valence-corrected chi connectivity index (χ3v) is 1.94. The predicted octanol–water partition coefficient (Wildman–Crippen LogP) is 3.15. The number of pyridine rings is 1. The molecule has 0 aliphatic carbocycles. The van der Waals surface area contributed by atoms with Crippen molar-refractivity contribution in [1.82, 2.24) is 4.98 Å². The topological polar surface area (TPSA) is 22.1 Å². The Balaban J connectivity index is 2.29. The van der Waals surface area contributed by atoms with E-state index in [0.29, 0.717) is 11.3 Å². The van der Waals surface area contributed by atoms with Crippen LogP contribution in [0.2, 0.25) is 0 Å². The maximum absolute atomic E-state index is 12.0. The summed E-state index contributed by atoms with van der Waals surface area (Å²) < 4.78 is 28.3. The van der Waals surface area contributed by atoms with Crippen LogP contribution in [0.4, 0.5) is 8.78 Å². The summed E-state index contributed by atoms with van der Waals surface area (Å²) >= 11 is 0. The molecule has 1 aromatic carbocycles. The van der Waals surface area contributed by atoms with Gasteiger partial charge in [0, 0.05) is 17.8 Å². The lowest BCUT2D eigenvalue weighted by Crippen LogP contribution is -2.01. The van der Waals surface area contributed by atoms with Gasteiger partial charge in [0.1, 0.15) is 5.75 Å². The van der Waals surface area contributed by atoms with Crippen LogP contribution in [-0.4, -0.2) is 11.6 Å². The summed E-state index contributed by atoms with van der Waals surface area (Å²) in [7, 11) is 0. The molecule has 0 bridgehead atoms. The molecule has 81 valence electrons. The highest BCUT2D eigenvalue weighted by Crippen LogP contribution is 2.22. The van der Waals surface area contributed by atoms with E-state index in [-0.39, 0.29) is 5.75 Å². The van der Waals surface area contributed by atoms with Gasteiger partial charge >= 0.3 is 6.61 Å². The van der Waals surface area contributed by atoms with E-state index in [1.807, 2.05) is 0 Å². The Morgan fingerprint density at radius 3 is 2.81 bits per heavy atom. The lowest BCUT2D eigenvalue weighted by atomic mass is 10.1. The second kappa shape index (κ2) is 4.70. The van der Waals surface area contributed by atoms with Gasteiger partial charge in [-0.2, -0.15) is 8.78 Å². The van der Waals surface area contributed by atoms with Gasteiger partial charge in [-0.15, -0.1) is 0 Å². The van der Waals surface area contributed by atoms with Crippen molar-refractivity contribution >= 4 is 0 Å². The van der Waals surface area contributed by atoms with Crippen molar-refractivity contribution in [2.45, 2.75) is 6.61 Å². The molecule has 1 heterocycles. The molecule has 0 fully saturated rings. The first-order chi connectivity index (χ1) is 7.75. The Hall–Kier alpha value is -1.97. The van der Waals surface area contributed by atoms with Crippen LogP contribution in [0.15, 0.2) is 42.6 Å². The molecule has 0 saturated heterocycles. The lowest BCUT2D eigenvalue weighted by Gasteiger charge is -2.05. The van der Waals surface area contributed by atoms with E-state index >= 15 is 0 Å². The van der Waals surface area contributed by atoms with Gasteiger partial charge in [-0.1, -0.05) is 18.2 Å². The van der Waals surface area contributed by atoms with Crippen molar-refractivity contribution in [2.75, 3.05) is 0 Å². The zero-order valence-electron chi connectivity index (χ0n) is 8.23. The molecule has 0 unspecified atom stereocenters. The number of benzene rings is 1. The fourth-order valence-electron chi connectivity index (χ4n) is 1.30. The largest absolute Gasteiger partial charge is 0.435 e. The van der Waals surface area contributed by atoms with E-state index in [0.717, 1.165) is 0 Å². The van der Waals surface area contributed by atoms with Gasteiger partial charge in [0.25, 0.3) is 0 Å². The summed E-state index contributed by atoms with van der Waals surface area (Å²) in [4.78, 5) is 4.07. The van der Waals surface area contributed by atoms with Gasteiger partial charge < -0.3 is 4.74 Å². The van der Waals surface area contributed by atoms with Crippen molar-refractivity contribution in [2.24, 2.45) is 0 Å². The minimum absolute atomic E-state index is 0.117. The summed E-state index contributed by atoms with van der Waals surface area (Å²) in [5, 5.41) is 0. The number of aromatic nitrogens is 1. The Bertz CT molecular complexity index is 460. The van der Waals surface area contributed by atoms with E-state index in [2.05, 4.69) is 15.8 Å². The zero-order valence-corrected chi connectivity index (χ0v) is 8.23. The van der Waals surface area contributed by atoms with Crippen LogP contribution < -0.4 is 4.74 Å². The molecule has 0 aliphatic heterocycles. The predicted molar refractivity (Wildman–Crippen MR) is 55.1 cm³/mol. The van der Waals surface area contributed by atoms with Gasteiger partial charge in [-0.25, -0.2) is 0 Å². The molecule has 2 nitrogen and oxygen atoms in total. The van der Waals surface area contributed by atoms with Crippen LogP contribution in [0.25, 0.3) is 11.3 Å². The van der Waals surface area contributed by atoms with E-state index in [1.165, 1.54) is 12.1 Å². The molecule has 1 aromatic heterocycles. The molecule has 0 atom stereocenters. The number of nitrogens with zero attached hydrogens (tertiary/aromatic N) is 1. The summed E-state index contributed by atoms with van der Waals surface area (Å²) in [5.41, 5.74) is 1.29. The van der Waals surface area contributed by atoms with Crippen molar-refractivity contribution in [1.29, 1.82) is 0 Å². The van der Waals surface area contributed by atoms with Crippen molar-refractivity contribution in [3.63, 3.8) is 0 Å². The minimum atomic E-state index is -2.82. The molecule has 0 spiro atoms. The fraction of sp³-hybridized carbons (Fsp3) is 0.0833.